The van der Waals surface area contributed by atoms with Gasteiger partial charge < -0.3 is 24.6 Å². The van der Waals surface area contributed by atoms with Crippen molar-refractivity contribution >= 4 is 20.3 Å². The number of nitrogens with one attached hydrogen (secondary N) is 1. The summed E-state index contributed by atoms with van der Waals surface area (Å²) in [4.78, 5) is 40.0. The Labute approximate surface area is 193 Å². The van der Waals surface area contributed by atoms with E-state index < -0.39 is 13.9 Å². The fourth-order valence-corrected chi connectivity index (χ4v) is 3.60. The Morgan fingerprint density at radius 3 is 2.16 bits per heavy atom. The van der Waals surface area contributed by atoms with Gasteiger partial charge in [0.1, 0.15) is 6.10 Å². The maximum absolute atomic E-state index is 12.1. The van der Waals surface area contributed by atoms with Crippen LogP contribution in [-0.2, 0) is 28.2 Å². The number of unbranched alkanes of at least 4 members (excludes halogenated alkanes) is 11. The smallest absolute Gasteiger partial charge is 0.468 e. The van der Waals surface area contributed by atoms with Crippen LogP contribution in [-0.4, -0.2) is 54.6 Å². The monoisotopic (exact) mass is 481 g/mol. The summed E-state index contributed by atoms with van der Waals surface area (Å²) in [6, 6.07) is 0. The topological polar surface area (TPSA) is 131 Å². The molecule has 0 aliphatic rings. The molecule has 0 aromatic carbocycles. The van der Waals surface area contributed by atoms with Crippen molar-refractivity contribution in [1.82, 2.24) is 5.32 Å². The quantitative estimate of drug-likeness (QED) is 0.0801. The van der Waals surface area contributed by atoms with Gasteiger partial charge in [-0.1, -0.05) is 71.1 Å². The van der Waals surface area contributed by atoms with Gasteiger partial charge >= 0.3 is 13.8 Å². The number of carbonyl (C=O) groups excluding carboxylic acids is 2. The molecular formula is C22H44NO8P. The van der Waals surface area contributed by atoms with Crippen molar-refractivity contribution in [3.05, 3.63) is 0 Å². The number of hydrogen-bond donors (Lipinski definition) is 3. The molecule has 0 spiro atoms. The van der Waals surface area contributed by atoms with Crippen LogP contribution in [0.4, 0.5) is 0 Å². The molecule has 0 aliphatic heterocycles. The van der Waals surface area contributed by atoms with E-state index in [1.54, 1.807) is 0 Å². The Bertz CT molecular complexity index is 500. The van der Waals surface area contributed by atoms with Gasteiger partial charge in [-0.05, 0) is 25.8 Å². The summed E-state index contributed by atoms with van der Waals surface area (Å²) in [5, 5.41) is 3.17. The highest BCUT2D eigenvalue weighted by Gasteiger charge is 2.21. The third kappa shape index (κ3) is 23.7. The lowest BCUT2D eigenvalue weighted by Gasteiger charge is -2.19. The molecule has 0 saturated heterocycles. The first kappa shape index (κ1) is 31.0. The first-order valence-electron chi connectivity index (χ1n) is 12.0. The lowest BCUT2D eigenvalue weighted by Crippen LogP contribution is -2.35. The number of rotatable bonds is 24. The second-order valence-electron chi connectivity index (χ2n) is 8.06. The minimum absolute atomic E-state index is 0.284. The Balaban J connectivity index is 3.96. The van der Waals surface area contributed by atoms with Gasteiger partial charge in [0.15, 0.2) is 0 Å². The van der Waals surface area contributed by atoms with E-state index >= 15 is 0 Å². The van der Waals surface area contributed by atoms with Gasteiger partial charge in [-0.25, -0.2) is 4.57 Å². The summed E-state index contributed by atoms with van der Waals surface area (Å²) >= 11 is 0. The largest absolute Gasteiger partial charge is 0.469 e. The normalized spacial score (nSPS) is 12.5. The molecule has 0 heterocycles. The van der Waals surface area contributed by atoms with Gasteiger partial charge in [0.25, 0.3) is 6.47 Å². The molecule has 0 rings (SSSR count). The summed E-state index contributed by atoms with van der Waals surface area (Å²) in [6.07, 6.45) is 13.3. The SMILES string of the molecule is CCCCCCCCCC(=O)O[C@@H](CNCCCCCCCCOC=O)COP(=O)(O)O. The zero-order chi connectivity index (χ0) is 23.9. The van der Waals surface area contributed by atoms with Crippen LogP contribution in [0.3, 0.4) is 0 Å². The maximum Gasteiger partial charge on any atom is 0.469 e. The average Bonchev–Trinajstić information content (AvgIpc) is 2.74. The van der Waals surface area contributed by atoms with E-state index in [0.717, 1.165) is 64.3 Å². The minimum Gasteiger partial charge on any atom is -0.468 e. The zero-order valence-corrected chi connectivity index (χ0v) is 20.6. The van der Waals surface area contributed by atoms with Gasteiger partial charge in [0.2, 0.25) is 0 Å². The molecule has 0 aromatic heterocycles. The number of hydrogen-bond acceptors (Lipinski definition) is 7. The van der Waals surface area contributed by atoms with E-state index in [2.05, 4.69) is 21.5 Å². The maximum atomic E-state index is 12.1. The molecule has 3 N–H and O–H groups in total. The van der Waals surface area contributed by atoms with E-state index in [1.807, 2.05) is 0 Å². The molecule has 10 heteroatoms. The third-order valence-electron chi connectivity index (χ3n) is 5.02. The Morgan fingerprint density at radius 1 is 0.938 bits per heavy atom. The number of phosphoric acid groups is 1. The van der Waals surface area contributed by atoms with E-state index in [4.69, 9.17) is 14.5 Å². The number of carbonyl (C=O) groups is 2. The summed E-state index contributed by atoms with van der Waals surface area (Å²) in [5.74, 6) is -0.363. The van der Waals surface area contributed by atoms with Crippen LogP contribution in [0, 0.1) is 0 Å². The fraction of sp³-hybridized carbons (Fsp3) is 0.909. The molecule has 0 aromatic rings. The van der Waals surface area contributed by atoms with Gasteiger partial charge in [0.05, 0.1) is 13.2 Å². The van der Waals surface area contributed by atoms with Crippen molar-refractivity contribution < 1.29 is 37.9 Å². The van der Waals surface area contributed by atoms with Crippen LogP contribution >= 0.6 is 7.82 Å². The van der Waals surface area contributed by atoms with E-state index in [0.29, 0.717) is 19.5 Å². The molecule has 0 radical (unpaired) electrons. The highest BCUT2D eigenvalue weighted by atomic mass is 31.2. The van der Waals surface area contributed by atoms with Crippen molar-refractivity contribution in [2.75, 3.05) is 26.3 Å². The molecule has 0 amide bonds. The molecule has 0 saturated carbocycles. The van der Waals surface area contributed by atoms with E-state index in [1.165, 1.54) is 25.7 Å². The standard InChI is InChI=1S/C22H44NO8P/c1-2-3-4-5-6-9-12-15-22(25)31-21(19-30-32(26,27)28)18-23-16-13-10-7-8-11-14-17-29-20-24/h20-21,23H,2-19H2,1H3,(H2,26,27,28)/t21-/m0/s1. The fourth-order valence-electron chi connectivity index (χ4n) is 3.24. The molecule has 32 heavy (non-hydrogen) atoms. The highest BCUT2D eigenvalue weighted by molar-refractivity contribution is 7.46. The lowest BCUT2D eigenvalue weighted by molar-refractivity contribution is -0.150. The first-order valence-corrected chi connectivity index (χ1v) is 13.6. The Kier molecular flexibility index (Phi) is 21.2. The third-order valence-corrected chi connectivity index (χ3v) is 5.50. The van der Waals surface area contributed by atoms with Crippen molar-refractivity contribution in [2.24, 2.45) is 0 Å². The number of esters is 1. The van der Waals surface area contributed by atoms with Crippen molar-refractivity contribution in [3.63, 3.8) is 0 Å². The molecular weight excluding hydrogens is 437 g/mol. The highest BCUT2D eigenvalue weighted by Crippen LogP contribution is 2.35. The van der Waals surface area contributed by atoms with Crippen LogP contribution in [0.15, 0.2) is 0 Å². The van der Waals surface area contributed by atoms with Gasteiger partial charge in [0, 0.05) is 13.0 Å². The van der Waals surface area contributed by atoms with Crippen molar-refractivity contribution in [3.8, 4) is 0 Å². The van der Waals surface area contributed by atoms with Crippen LogP contribution < -0.4 is 5.32 Å². The lowest BCUT2D eigenvalue weighted by atomic mass is 10.1. The van der Waals surface area contributed by atoms with Gasteiger partial charge in [-0.15, -0.1) is 0 Å². The molecule has 1 atom stereocenters. The van der Waals surface area contributed by atoms with Crippen molar-refractivity contribution in [1.29, 1.82) is 0 Å². The summed E-state index contributed by atoms with van der Waals surface area (Å²) < 4.78 is 25.5. The van der Waals surface area contributed by atoms with Crippen molar-refractivity contribution in [2.45, 2.75) is 103 Å². The molecule has 9 nitrogen and oxygen atoms in total. The van der Waals surface area contributed by atoms with Crippen LogP contribution in [0.2, 0.25) is 0 Å². The second kappa shape index (κ2) is 21.8. The molecule has 0 fully saturated rings. The van der Waals surface area contributed by atoms with Gasteiger partial charge in [-0.3, -0.25) is 14.1 Å². The minimum atomic E-state index is -4.62. The zero-order valence-electron chi connectivity index (χ0n) is 19.7. The first-order chi connectivity index (χ1) is 15.4. The molecule has 0 bridgehead atoms. The molecule has 190 valence electrons. The molecule has 0 unspecified atom stereocenters. The number of phosphoric ester groups is 1. The second-order valence-corrected chi connectivity index (χ2v) is 9.30. The average molecular weight is 482 g/mol. The van der Waals surface area contributed by atoms with E-state index in [-0.39, 0.29) is 19.1 Å². The Hall–Kier alpha value is -0.990. The number of ether oxygens (including phenoxy) is 2. The Morgan fingerprint density at radius 2 is 1.53 bits per heavy atom. The predicted molar refractivity (Wildman–Crippen MR) is 123 cm³/mol. The van der Waals surface area contributed by atoms with Crippen LogP contribution in [0.25, 0.3) is 0 Å². The van der Waals surface area contributed by atoms with E-state index in [9.17, 15) is 14.2 Å². The molecule has 0 aliphatic carbocycles. The van der Waals surface area contributed by atoms with Gasteiger partial charge in [-0.2, -0.15) is 0 Å². The van der Waals surface area contributed by atoms with Crippen LogP contribution in [0.1, 0.15) is 96.8 Å². The predicted octanol–water partition coefficient (Wildman–Crippen LogP) is 4.25. The van der Waals surface area contributed by atoms with Crippen LogP contribution in [0.5, 0.6) is 0 Å². The summed E-state index contributed by atoms with van der Waals surface area (Å²) in [5.41, 5.74) is 0. The summed E-state index contributed by atoms with van der Waals surface area (Å²) in [6.45, 7) is 3.78. The summed E-state index contributed by atoms with van der Waals surface area (Å²) in [7, 11) is -4.62.